The molecule has 0 rings (SSSR count). The second-order valence-corrected chi connectivity index (χ2v) is 7.56. The molecule has 0 bridgehead atoms. The summed E-state index contributed by atoms with van der Waals surface area (Å²) < 4.78 is 41.2. The van der Waals surface area contributed by atoms with Crippen LogP contribution in [0.15, 0.2) is 0 Å². The van der Waals surface area contributed by atoms with Crippen LogP contribution in [0, 0.1) is 11.8 Å². The average Bonchev–Trinajstić information content (AvgIpc) is 2.33. The molecule has 0 aromatic rings. The second kappa shape index (κ2) is 12.2. The van der Waals surface area contributed by atoms with Gasteiger partial charge in [-0.3, -0.25) is 14.1 Å². The Balaban J connectivity index is 0. The monoisotopic (exact) mass is 362 g/mol. The predicted octanol–water partition coefficient (Wildman–Crippen LogP) is 1.16. The van der Waals surface area contributed by atoms with Gasteiger partial charge in [0.25, 0.3) is 10.1 Å². The summed E-state index contributed by atoms with van der Waals surface area (Å²) in [6, 6.07) is 0. The number of hydrogen-bond donors (Lipinski definition) is 1. The van der Waals surface area contributed by atoms with Gasteiger partial charge in [0.2, 0.25) is 0 Å². The van der Waals surface area contributed by atoms with E-state index in [1.807, 2.05) is 27.7 Å². The van der Waals surface area contributed by atoms with E-state index in [4.69, 9.17) is 14.0 Å². The summed E-state index contributed by atoms with van der Waals surface area (Å²) in [7, 11) is -4.73. The van der Waals surface area contributed by atoms with Crippen LogP contribution in [0.2, 0.25) is 0 Å². The zero-order valence-electron chi connectivity index (χ0n) is 13.6. The Hall–Kier alpha value is -0.150. The molecule has 1 N–H and O–H groups in total. The Morgan fingerprint density at radius 3 is 1.78 bits per heavy atom. The summed E-state index contributed by atoms with van der Waals surface area (Å²) in [6.45, 7) is 7.89. The molecule has 0 fully saturated rings. The maximum absolute atomic E-state index is 11.7. The van der Waals surface area contributed by atoms with Crippen LogP contribution >= 0.6 is 0 Å². The van der Waals surface area contributed by atoms with Crippen molar-refractivity contribution >= 4 is 51.6 Å². The van der Waals surface area contributed by atoms with Crippen LogP contribution in [0.3, 0.4) is 0 Å². The molecule has 0 amide bonds. The van der Waals surface area contributed by atoms with Crippen LogP contribution in [-0.2, 0) is 29.2 Å². The SMILES string of the molecule is CC(C)CCOC(=O)CC(C(=O)OCCC(C)C)S(=O)(=O)O.[NaH]. The molecule has 1 unspecified atom stereocenters. The van der Waals surface area contributed by atoms with Crippen molar-refractivity contribution in [2.45, 2.75) is 52.2 Å². The summed E-state index contributed by atoms with van der Waals surface area (Å²) in [5, 5.41) is -1.94. The predicted molar refractivity (Wildman–Crippen MR) is 87.9 cm³/mol. The van der Waals surface area contributed by atoms with Gasteiger partial charge in [-0.25, -0.2) is 0 Å². The quantitative estimate of drug-likeness (QED) is 0.353. The van der Waals surface area contributed by atoms with Crippen LogP contribution < -0.4 is 0 Å². The normalized spacial score (nSPS) is 12.7. The Kier molecular flexibility index (Phi) is 13.4. The molecule has 132 valence electrons. The molecule has 1 atom stereocenters. The molecule has 0 spiro atoms. The van der Waals surface area contributed by atoms with E-state index in [2.05, 4.69) is 0 Å². The fourth-order valence-corrected chi connectivity index (χ4v) is 2.08. The van der Waals surface area contributed by atoms with E-state index < -0.39 is 33.7 Å². The van der Waals surface area contributed by atoms with E-state index in [9.17, 15) is 18.0 Å². The Bertz CT molecular complexity index is 460. The number of carbonyl (C=O) groups excluding carboxylic acids is 2. The Morgan fingerprint density at radius 1 is 0.957 bits per heavy atom. The summed E-state index contributed by atoms with van der Waals surface area (Å²) in [6.07, 6.45) is 0.432. The molecule has 0 saturated heterocycles. The van der Waals surface area contributed by atoms with Crippen molar-refractivity contribution in [3.05, 3.63) is 0 Å². The van der Waals surface area contributed by atoms with Crippen LogP contribution in [-0.4, -0.2) is 72.9 Å². The maximum atomic E-state index is 11.7. The van der Waals surface area contributed by atoms with E-state index in [-0.39, 0.29) is 48.7 Å². The molecule has 0 aliphatic rings. The molecule has 0 aromatic heterocycles. The molecule has 9 heteroatoms. The van der Waals surface area contributed by atoms with Gasteiger partial charge in [0.1, 0.15) is 0 Å². The molecule has 0 aliphatic heterocycles. The topological polar surface area (TPSA) is 107 Å². The van der Waals surface area contributed by atoms with Gasteiger partial charge >= 0.3 is 41.5 Å². The molecule has 0 aromatic carbocycles. The third-order valence-corrected chi connectivity index (χ3v) is 3.95. The molecule has 0 saturated carbocycles. The number of ether oxygens (including phenoxy) is 2. The van der Waals surface area contributed by atoms with Crippen molar-refractivity contribution < 1.29 is 32.0 Å². The van der Waals surface area contributed by atoms with Gasteiger partial charge in [0.05, 0.1) is 19.6 Å². The summed E-state index contributed by atoms with van der Waals surface area (Å²) in [5.74, 6) is -1.39. The second-order valence-electron chi connectivity index (χ2n) is 5.96. The molecule has 0 aliphatic carbocycles. The van der Waals surface area contributed by atoms with Crippen molar-refractivity contribution in [3.8, 4) is 0 Å². The first kappa shape index (κ1) is 25.1. The van der Waals surface area contributed by atoms with Gasteiger partial charge in [-0.1, -0.05) is 27.7 Å². The third-order valence-electron chi connectivity index (χ3n) is 2.87. The van der Waals surface area contributed by atoms with E-state index in [1.54, 1.807) is 0 Å². The van der Waals surface area contributed by atoms with Crippen LogP contribution in [0.1, 0.15) is 47.0 Å². The molecule has 0 heterocycles. The first-order chi connectivity index (χ1) is 10.0. The van der Waals surface area contributed by atoms with Crippen molar-refractivity contribution in [2.75, 3.05) is 13.2 Å². The van der Waals surface area contributed by atoms with E-state index in [0.29, 0.717) is 18.8 Å². The third kappa shape index (κ3) is 12.9. The standard InChI is InChI=1S/C14H26O7S.Na.H/c1-10(2)5-7-20-13(15)9-12(22(17,18)19)14(16)21-8-6-11(3)4;;/h10-12H,5-9H2,1-4H3,(H,17,18,19);;. The number of rotatable bonds is 10. The molecular formula is C14H27NaO7S. The molecular weight excluding hydrogens is 335 g/mol. The van der Waals surface area contributed by atoms with Crippen molar-refractivity contribution in [1.82, 2.24) is 0 Å². The Labute approximate surface area is 160 Å². The van der Waals surface area contributed by atoms with Crippen molar-refractivity contribution in [3.63, 3.8) is 0 Å². The summed E-state index contributed by atoms with van der Waals surface area (Å²) in [4.78, 5) is 23.3. The first-order valence-electron chi connectivity index (χ1n) is 7.32. The average molecular weight is 362 g/mol. The van der Waals surface area contributed by atoms with Gasteiger partial charge in [-0.05, 0) is 24.7 Å². The van der Waals surface area contributed by atoms with E-state index in [0.717, 1.165) is 0 Å². The fraction of sp³-hybridized carbons (Fsp3) is 0.857. The van der Waals surface area contributed by atoms with Crippen molar-refractivity contribution in [1.29, 1.82) is 0 Å². The minimum atomic E-state index is -4.73. The summed E-state index contributed by atoms with van der Waals surface area (Å²) >= 11 is 0. The summed E-state index contributed by atoms with van der Waals surface area (Å²) in [5.41, 5.74) is 0. The van der Waals surface area contributed by atoms with Gasteiger partial charge in [-0.2, -0.15) is 8.42 Å². The van der Waals surface area contributed by atoms with Gasteiger partial charge < -0.3 is 9.47 Å². The number of hydrogen-bond acceptors (Lipinski definition) is 6. The molecule has 0 radical (unpaired) electrons. The van der Waals surface area contributed by atoms with E-state index in [1.165, 1.54) is 0 Å². The zero-order valence-corrected chi connectivity index (χ0v) is 14.4. The molecule has 7 nitrogen and oxygen atoms in total. The van der Waals surface area contributed by atoms with Crippen molar-refractivity contribution in [2.24, 2.45) is 11.8 Å². The minimum absolute atomic E-state index is 0. The van der Waals surface area contributed by atoms with Gasteiger partial charge in [-0.15, -0.1) is 0 Å². The Morgan fingerprint density at radius 2 is 1.39 bits per heavy atom. The fourth-order valence-electron chi connectivity index (χ4n) is 1.42. The number of carbonyl (C=O) groups is 2. The van der Waals surface area contributed by atoms with Crippen LogP contribution in [0.4, 0.5) is 0 Å². The number of esters is 2. The zero-order chi connectivity index (χ0) is 17.3. The molecule has 23 heavy (non-hydrogen) atoms. The van der Waals surface area contributed by atoms with Gasteiger partial charge in [0, 0.05) is 0 Å². The first-order valence-corrected chi connectivity index (χ1v) is 8.83. The van der Waals surface area contributed by atoms with Crippen LogP contribution in [0.5, 0.6) is 0 Å². The van der Waals surface area contributed by atoms with Gasteiger partial charge in [0.15, 0.2) is 5.25 Å². The van der Waals surface area contributed by atoms with E-state index >= 15 is 0 Å². The van der Waals surface area contributed by atoms with Crippen LogP contribution in [0.25, 0.3) is 0 Å².